The third-order valence-electron chi connectivity index (χ3n) is 3.64. The summed E-state index contributed by atoms with van der Waals surface area (Å²) in [6.45, 7) is 1.82. The summed E-state index contributed by atoms with van der Waals surface area (Å²) in [4.78, 5) is 15.6. The van der Waals surface area contributed by atoms with Gasteiger partial charge >= 0.3 is 0 Å². The Labute approximate surface area is 113 Å². The first-order valence-corrected chi connectivity index (χ1v) is 6.77. The number of aromatic nitrogens is 1. The quantitative estimate of drug-likeness (QED) is 0.809. The number of carbonyl (C=O) groups excluding carboxylic acids is 1. The Kier molecular flexibility index (Phi) is 4.37. The lowest BCUT2D eigenvalue weighted by Gasteiger charge is -2.23. The lowest BCUT2D eigenvalue weighted by atomic mass is 10.1. The van der Waals surface area contributed by atoms with Crippen LogP contribution in [-0.2, 0) is 0 Å². The van der Waals surface area contributed by atoms with E-state index in [1.54, 1.807) is 12.3 Å². The fourth-order valence-electron chi connectivity index (χ4n) is 2.51. The molecule has 5 heteroatoms. The van der Waals surface area contributed by atoms with Gasteiger partial charge in [-0.3, -0.25) is 4.79 Å². The normalized spacial score (nSPS) is 23.7. The molecule has 1 heterocycles. The number of pyridine rings is 1. The van der Waals surface area contributed by atoms with Gasteiger partial charge in [0.2, 0.25) is 5.88 Å². The monoisotopic (exact) mass is 263 g/mol. The summed E-state index contributed by atoms with van der Waals surface area (Å²) in [6, 6.07) is 1.74. The van der Waals surface area contributed by atoms with Gasteiger partial charge in [-0.05, 0) is 37.8 Å². The van der Waals surface area contributed by atoms with Crippen molar-refractivity contribution in [1.82, 2.24) is 4.98 Å². The van der Waals surface area contributed by atoms with E-state index in [-0.39, 0.29) is 12.1 Å². The average Bonchev–Trinajstić information content (AvgIpc) is 2.54. The zero-order valence-electron chi connectivity index (χ0n) is 11.3. The standard InChI is InChI=1S/C14H21N3O2/c1-9-7-8-17-14(12(9)13(16)18)19-11-6-4-2-3-5-10(11)15/h7-8,10-11H,2-6,15H2,1H3,(H2,16,18). The molecule has 0 saturated heterocycles. The fourth-order valence-corrected chi connectivity index (χ4v) is 2.51. The molecule has 1 amide bonds. The van der Waals surface area contributed by atoms with Crippen LogP contribution in [-0.4, -0.2) is 23.0 Å². The van der Waals surface area contributed by atoms with Crippen molar-refractivity contribution in [3.63, 3.8) is 0 Å². The van der Waals surface area contributed by atoms with E-state index in [4.69, 9.17) is 16.2 Å². The number of aryl methyl sites for hydroxylation is 1. The number of amides is 1. The van der Waals surface area contributed by atoms with E-state index in [1.165, 1.54) is 6.42 Å². The molecule has 0 aromatic carbocycles. The summed E-state index contributed by atoms with van der Waals surface area (Å²) in [5, 5.41) is 0. The van der Waals surface area contributed by atoms with Gasteiger partial charge in [-0.15, -0.1) is 0 Å². The molecule has 0 radical (unpaired) electrons. The number of primary amides is 1. The molecule has 1 fully saturated rings. The van der Waals surface area contributed by atoms with Gasteiger partial charge in [-0.25, -0.2) is 4.98 Å². The largest absolute Gasteiger partial charge is 0.472 e. The first-order valence-electron chi connectivity index (χ1n) is 6.77. The Hall–Kier alpha value is -1.62. The van der Waals surface area contributed by atoms with Gasteiger partial charge in [0.05, 0.1) is 0 Å². The molecule has 0 bridgehead atoms. The van der Waals surface area contributed by atoms with Crippen LogP contribution in [0.15, 0.2) is 12.3 Å². The zero-order chi connectivity index (χ0) is 13.8. The van der Waals surface area contributed by atoms with Gasteiger partial charge in [0.1, 0.15) is 11.7 Å². The molecule has 1 aromatic heterocycles. The number of nitrogens with zero attached hydrogens (tertiary/aromatic N) is 1. The minimum atomic E-state index is -0.511. The van der Waals surface area contributed by atoms with Gasteiger partial charge in [0.15, 0.2) is 0 Å². The second-order valence-corrected chi connectivity index (χ2v) is 5.13. The molecule has 4 N–H and O–H groups in total. The zero-order valence-corrected chi connectivity index (χ0v) is 11.3. The van der Waals surface area contributed by atoms with Gasteiger partial charge < -0.3 is 16.2 Å². The molecule has 1 aromatic rings. The lowest BCUT2D eigenvalue weighted by molar-refractivity contribution is 0.0985. The molecule has 1 aliphatic carbocycles. The van der Waals surface area contributed by atoms with Crippen LogP contribution in [0.1, 0.15) is 48.0 Å². The van der Waals surface area contributed by atoms with Crippen LogP contribution in [0.4, 0.5) is 0 Å². The van der Waals surface area contributed by atoms with E-state index in [2.05, 4.69) is 4.98 Å². The van der Waals surface area contributed by atoms with Crippen molar-refractivity contribution in [2.45, 2.75) is 51.2 Å². The molecule has 0 aliphatic heterocycles. The van der Waals surface area contributed by atoms with E-state index in [0.717, 1.165) is 31.2 Å². The van der Waals surface area contributed by atoms with Gasteiger partial charge in [0.25, 0.3) is 5.91 Å². The van der Waals surface area contributed by atoms with E-state index in [9.17, 15) is 4.79 Å². The van der Waals surface area contributed by atoms with Crippen molar-refractivity contribution in [1.29, 1.82) is 0 Å². The molecule has 19 heavy (non-hydrogen) atoms. The third-order valence-corrected chi connectivity index (χ3v) is 3.64. The highest BCUT2D eigenvalue weighted by molar-refractivity contribution is 5.96. The summed E-state index contributed by atoms with van der Waals surface area (Å²) in [5.74, 6) is -0.197. The van der Waals surface area contributed by atoms with Gasteiger partial charge in [-0.1, -0.05) is 12.8 Å². The summed E-state index contributed by atoms with van der Waals surface area (Å²) >= 11 is 0. The Morgan fingerprint density at radius 2 is 2.11 bits per heavy atom. The lowest BCUT2D eigenvalue weighted by Crippen LogP contribution is -2.38. The van der Waals surface area contributed by atoms with E-state index in [0.29, 0.717) is 11.4 Å². The number of hydrogen-bond acceptors (Lipinski definition) is 4. The maximum absolute atomic E-state index is 11.5. The van der Waals surface area contributed by atoms with Crippen LogP contribution >= 0.6 is 0 Å². The maximum Gasteiger partial charge on any atom is 0.254 e. The molecule has 5 nitrogen and oxygen atoms in total. The molecule has 2 atom stereocenters. The Bertz CT molecular complexity index is 462. The molecule has 104 valence electrons. The number of rotatable bonds is 3. The van der Waals surface area contributed by atoms with E-state index in [1.807, 2.05) is 6.92 Å². The first-order chi connectivity index (χ1) is 9.09. The summed E-state index contributed by atoms with van der Waals surface area (Å²) in [6.07, 6.45) is 6.78. The molecule has 2 unspecified atom stereocenters. The highest BCUT2D eigenvalue weighted by Gasteiger charge is 2.24. The maximum atomic E-state index is 11.5. The van der Waals surface area contributed by atoms with Crippen LogP contribution in [0.25, 0.3) is 0 Å². The fraction of sp³-hybridized carbons (Fsp3) is 0.571. The summed E-state index contributed by atoms with van der Waals surface area (Å²) in [5.41, 5.74) is 12.7. The number of hydrogen-bond donors (Lipinski definition) is 2. The molecular formula is C14H21N3O2. The van der Waals surface area contributed by atoms with E-state index >= 15 is 0 Å². The predicted octanol–water partition coefficient (Wildman–Crippen LogP) is 1.53. The highest BCUT2D eigenvalue weighted by atomic mass is 16.5. The molecule has 0 spiro atoms. The van der Waals surface area contributed by atoms with Crippen molar-refractivity contribution in [3.8, 4) is 5.88 Å². The smallest absolute Gasteiger partial charge is 0.254 e. The Balaban J connectivity index is 2.22. The van der Waals surface area contributed by atoms with Crippen molar-refractivity contribution in [2.75, 3.05) is 0 Å². The van der Waals surface area contributed by atoms with Crippen LogP contribution < -0.4 is 16.2 Å². The second kappa shape index (κ2) is 6.02. The number of ether oxygens (including phenoxy) is 1. The highest BCUT2D eigenvalue weighted by Crippen LogP contribution is 2.24. The topological polar surface area (TPSA) is 91.2 Å². The first kappa shape index (κ1) is 13.8. The van der Waals surface area contributed by atoms with Crippen molar-refractivity contribution in [2.24, 2.45) is 11.5 Å². The van der Waals surface area contributed by atoms with Crippen molar-refractivity contribution >= 4 is 5.91 Å². The van der Waals surface area contributed by atoms with E-state index < -0.39 is 5.91 Å². The number of nitrogens with two attached hydrogens (primary N) is 2. The SMILES string of the molecule is Cc1ccnc(OC2CCCCCC2N)c1C(N)=O. The van der Waals surface area contributed by atoms with Crippen molar-refractivity contribution < 1.29 is 9.53 Å². The average molecular weight is 263 g/mol. The predicted molar refractivity (Wildman–Crippen MR) is 73.0 cm³/mol. The Morgan fingerprint density at radius 3 is 2.84 bits per heavy atom. The van der Waals surface area contributed by atoms with Crippen LogP contribution in [0.5, 0.6) is 5.88 Å². The Morgan fingerprint density at radius 1 is 1.37 bits per heavy atom. The number of carbonyl (C=O) groups is 1. The van der Waals surface area contributed by atoms with Gasteiger partial charge in [-0.2, -0.15) is 0 Å². The molecule has 2 rings (SSSR count). The summed E-state index contributed by atoms with van der Waals surface area (Å²) in [7, 11) is 0. The minimum absolute atomic E-state index is 0.00876. The third kappa shape index (κ3) is 3.23. The summed E-state index contributed by atoms with van der Waals surface area (Å²) < 4.78 is 5.88. The van der Waals surface area contributed by atoms with Gasteiger partial charge in [0, 0.05) is 12.2 Å². The minimum Gasteiger partial charge on any atom is -0.472 e. The molecular weight excluding hydrogens is 242 g/mol. The van der Waals surface area contributed by atoms with Crippen LogP contribution in [0.2, 0.25) is 0 Å². The second-order valence-electron chi connectivity index (χ2n) is 5.13. The molecule has 1 aliphatic rings. The van der Waals surface area contributed by atoms with Crippen LogP contribution in [0, 0.1) is 6.92 Å². The van der Waals surface area contributed by atoms with Crippen LogP contribution in [0.3, 0.4) is 0 Å². The van der Waals surface area contributed by atoms with Crippen molar-refractivity contribution in [3.05, 3.63) is 23.4 Å². The molecule has 1 saturated carbocycles.